The molecule has 2 fully saturated rings. The summed E-state index contributed by atoms with van der Waals surface area (Å²) in [5.74, 6) is -0.983. The lowest BCUT2D eigenvalue weighted by atomic mass is 9.87. The zero-order chi connectivity index (χ0) is 15.8. The van der Waals surface area contributed by atoms with Gasteiger partial charge in [0.25, 0.3) is 0 Å². The first-order valence-electron chi connectivity index (χ1n) is 7.74. The average Bonchev–Trinajstić information content (AvgIpc) is 2.79. The molecule has 0 spiro atoms. The number of carbonyl (C=O) groups excluding carboxylic acids is 1. The predicted octanol–water partition coefficient (Wildman–Crippen LogP) is 1.36. The van der Waals surface area contributed by atoms with Crippen LogP contribution in [0.5, 0.6) is 0 Å². The molecule has 0 aromatic carbocycles. The monoisotopic (exact) mass is 297 g/mol. The van der Waals surface area contributed by atoms with E-state index in [0.29, 0.717) is 12.6 Å². The third kappa shape index (κ3) is 3.48. The van der Waals surface area contributed by atoms with Crippen LogP contribution >= 0.6 is 0 Å². The highest BCUT2D eigenvalue weighted by Gasteiger charge is 2.39. The minimum Gasteiger partial charge on any atom is -0.480 e. The second-order valence-electron chi connectivity index (χ2n) is 7.38. The summed E-state index contributed by atoms with van der Waals surface area (Å²) < 4.78 is 0. The van der Waals surface area contributed by atoms with Gasteiger partial charge in [-0.05, 0) is 31.7 Å². The van der Waals surface area contributed by atoms with E-state index in [9.17, 15) is 14.7 Å². The normalized spacial score (nSPS) is 28.1. The Labute approximate surface area is 126 Å². The van der Waals surface area contributed by atoms with Crippen molar-refractivity contribution in [2.75, 3.05) is 19.6 Å². The Morgan fingerprint density at radius 3 is 2.52 bits per heavy atom. The van der Waals surface area contributed by atoms with Crippen LogP contribution in [-0.4, -0.2) is 64.7 Å². The van der Waals surface area contributed by atoms with Crippen molar-refractivity contribution in [3.8, 4) is 0 Å². The fourth-order valence-corrected chi connectivity index (χ4v) is 3.33. The van der Waals surface area contributed by atoms with Crippen LogP contribution in [0.25, 0.3) is 0 Å². The number of rotatable bonds is 2. The van der Waals surface area contributed by atoms with E-state index in [1.54, 1.807) is 4.90 Å². The summed E-state index contributed by atoms with van der Waals surface area (Å²) in [7, 11) is 0. The lowest BCUT2D eigenvalue weighted by Crippen LogP contribution is -2.61. The summed E-state index contributed by atoms with van der Waals surface area (Å²) in [6.07, 6.45) is 2.31. The van der Waals surface area contributed by atoms with E-state index in [1.807, 2.05) is 27.7 Å². The van der Waals surface area contributed by atoms with Crippen LogP contribution in [0.3, 0.4) is 0 Å². The maximum absolute atomic E-state index is 12.5. The van der Waals surface area contributed by atoms with Gasteiger partial charge in [0.2, 0.25) is 0 Å². The summed E-state index contributed by atoms with van der Waals surface area (Å²) in [6, 6.07) is -0.575. The number of fused-ring (bicyclic) bond motifs is 1. The van der Waals surface area contributed by atoms with E-state index >= 15 is 0 Å². The molecule has 2 aliphatic heterocycles. The predicted molar refractivity (Wildman–Crippen MR) is 80.2 cm³/mol. The van der Waals surface area contributed by atoms with Gasteiger partial charge in [-0.2, -0.15) is 0 Å². The van der Waals surface area contributed by atoms with Crippen molar-refractivity contribution in [1.29, 1.82) is 0 Å². The van der Waals surface area contributed by atoms with E-state index in [4.69, 9.17) is 0 Å². The summed E-state index contributed by atoms with van der Waals surface area (Å²) in [5.41, 5.74) is -0.514. The molecule has 2 aliphatic rings. The second kappa shape index (κ2) is 5.83. The first-order chi connectivity index (χ1) is 9.70. The third-order valence-electron chi connectivity index (χ3n) is 4.58. The van der Waals surface area contributed by atoms with Gasteiger partial charge < -0.3 is 15.3 Å². The highest BCUT2D eigenvalue weighted by Crippen LogP contribution is 2.25. The number of carboxylic acid groups (broad SMARTS) is 1. The van der Waals surface area contributed by atoms with Gasteiger partial charge in [0.1, 0.15) is 6.04 Å². The Balaban J connectivity index is 2.03. The van der Waals surface area contributed by atoms with E-state index in [2.05, 4.69) is 10.2 Å². The number of carbonyl (C=O) groups is 2. The van der Waals surface area contributed by atoms with Crippen LogP contribution in [0.2, 0.25) is 0 Å². The number of hydrogen-bond acceptors (Lipinski definition) is 3. The summed E-state index contributed by atoms with van der Waals surface area (Å²) in [4.78, 5) is 28.1. The Bertz CT molecular complexity index is 419. The topological polar surface area (TPSA) is 72.9 Å². The molecule has 0 saturated carbocycles. The first kappa shape index (κ1) is 16.1. The highest BCUT2D eigenvalue weighted by molar-refractivity contribution is 5.83. The number of piperazine rings is 1. The molecule has 3 atom stereocenters. The highest BCUT2D eigenvalue weighted by atomic mass is 16.4. The molecule has 0 radical (unpaired) electrons. The number of carboxylic acids is 1. The molecule has 0 aromatic heterocycles. The molecular weight excluding hydrogens is 270 g/mol. The van der Waals surface area contributed by atoms with Crippen LogP contribution < -0.4 is 5.32 Å². The molecule has 0 bridgehead atoms. The molecule has 0 aromatic rings. The van der Waals surface area contributed by atoms with Crippen molar-refractivity contribution in [2.45, 2.75) is 58.7 Å². The Kier molecular flexibility index (Phi) is 4.46. The van der Waals surface area contributed by atoms with Crippen LogP contribution in [0.1, 0.15) is 40.5 Å². The number of hydrogen-bond donors (Lipinski definition) is 2. The van der Waals surface area contributed by atoms with Crippen molar-refractivity contribution >= 4 is 12.0 Å². The Morgan fingerprint density at radius 2 is 1.95 bits per heavy atom. The average molecular weight is 297 g/mol. The van der Waals surface area contributed by atoms with Gasteiger partial charge in [0.05, 0.1) is 0 Å². The second-order valence-corrected chi connectivity index (χ2v) is 7.38. The van der Waals surface area contributed by atoms with Crippen molar-refractivity contribution in [3.63, 3.8) is 0 Å². The quantitative estimate of drug-likeness (QED) is 0.807. The van der Waals surface area contributed by atoms with Gasteiger partial charge in [-0.15, -0.1) is 0 Å². The van der Waals surface area contributed by atoms with E-state index in [0.717, 1.165) is 19.5 Å². The van der Waals surface area contributed by atoms with Crippen molar-refractivity contribution in [2.24, 2.45) is 5.41 Å². The van der Waals surface area contributed by atoms with E-state index in [1.165, 1.54) is 6.42 Å². The lowest BCUT2D eigenvalue weighted by Gasteiger charge is -2.43. The smallest absolute Gasteiger partial charge is 0.326 e. The number of amides is 2. The van der Waals surface area contributed by atoms with Gasteiger partial charge >= 0.3 is 12.0 Å². The van der Waals surface area contributed by atoms with Crippen molar-refractivity contribution in [3.05, 3.63) is 0 Å². The van der Waals surface area contributed by atoms with Gasteiger partial charge in [-0.25, -0.2) is 9.59 Å². The minimum atomic E-state index is -0.983. The van der Waals surface area contributed by atoms with E-state index < -0.39 is 17.4 Å². The molecule has 21 heavy (non-hydrogen) atoms. The molecule has 120 valence electrons. The summed E-state index contributed by atoms with van der Waals surface area (Å²) in [5, 5.41) is 12.0. The first-order valence-corrected chi connectivity index (χ1v) is 7.74. The molecule has 6 nitrogen and oxygen atoms in total. The SMILES string of the molecule is CC1CN2CCCC2CN1C(=O)N[C@@H](C(=O)O)C(C)(C)C. The Hall–Kier alpha value is -1.30. The molecule has 2 heterocycles. The van der Waals surface area contributed by atoms with Gasteiger partial charge in [-0.1, -0.05) is 20.8 Å². The molecule has 2 saturated heterocycles. The lowest BCUT2D eigenvalue weighted by molar-refractivity contribution is -0.142. The van der Waals surface area contributed by atoms with Crippen LogP contribution in [0, 0.1) is 5.41 Å². The standard InChI is InChI=1S/C15H27N3O3/c1-10-8-17-7-5-6-11(17)9-18(10)14(21)16-12(13(19)20)15(2,3)4/h10-12H,5-9H2,1-4H3,(H,16,21)(H,19,20)/t10?,11?,12-/m0/s1. The molecule has 2 amide bonds. The zero-order valence-electron chi connectivity index (χ0n) is 13.4. The molecule has 2 unspecified atom stereocenters. The van der Waals surface area contributed by atoms with Crippen LogP contribution in [0.4, 0.5) is 4.79 Å². The maximum Gasteiger partial charge on any atom is 0.326 e. The minimum absolute atomic E-state index is 0.119. The maximum atomic E-state index is 12.5. The van der Waals surface area contributed by atoms with Crippen LogP contribution in [-0.2, 0) is 4.79 Å². The summed E-state index contributed by atoms with van der Waals surface area (Å²) in [6.45, 7) is 10.2. The molecule has 2 rings (SSSR count). The largest absolute Gasteiger partial charge is 0.480 e. The molecular formula is C15H27N3O3. The van der Waals surface area contributed by atoms with Crippen LogP contribution in [0.15, 0.2) is 0 Å². The van der Waals surface area contributed by atoms with Gasteiger partial charge in [0.15, 0.2) is 0 Å². The summed E-state index contributed by atoms with van der Waals surface area (Å²) >= 11 is 0. The molecule has 2 N–H and O–H groups in total. The number of urea groups is 1. The zero-order valence-corrected chi connectivity index (χ0v) is 13.4. The fourth-order valence-electron chi connectivity index (χ4n) is 3.33. The number of aliphatic carboxylic acids is 1. The molecule has 0 aliphatic carbocycles. The van der Waals surface area contributed by atoms with E-state index in [-0.39, 0.29) is 12.1 Å². The fraction of sp³-hybridized carbons (Fsp3) is 0.867. The number of nitrogens with one attached hydrogen (secondary N) is 1. The molecule has 6 heteroatoms. The van der Waals surface area contributed by atoms with Crippen molar-refractivity contribution in [1.82, 2.24) is 15.1 Å². The van der Waals surface area contributed by atoms with Gasteiger partial charge in [-0.3, -0.25) is 4.90 Å². The Morgan fingerprint density at radius 1 is 1.29 bits per heavy atom. The third-order valence-corrected chi connectivity index (χ3v) is 4.58. The number of nitrogens with zero attached hydrogens (tertiary/aromatic N) is 2. The van der Waals surface area contributed by atoms with Gasteiger partial charge in [0, 0.05) is 25.2 Å². The van der Waals surface area contributed by atoms with Crippen molar-refractivity contribution < 1.29 is 14.7 Å².